The molecule has 1 N–H and O–H groups in total. The second-order valence-corrected chi connectivity index (χ2v) is 9.39. The van der Waals surface area contributed by atoms with Crippen LogP contribution in [0.5, 0.6) is 5.75 Å². The summed E-state index contributed by atoms with van der Waals surface area (Å²) in [4.78, 5) is 12.4. The number of aromatic nitrogens is 3. The van der Waals surface area contributed by atoms with Crippen molar-refractivity contribution in [2.45, 2.75) is 38.6 Å². The van der Waals surface area contributed by atoms with Crippen molar-refractivity contribution < 1.29 is 9.53 Å². The van der Waals surface area contributed by atoms with Gasteiger partial charge in [0.2, 0.25) is 5.91 Å². The maximum absolute atomic E-state index is 12.4. The maximum Gasteiger partial charge on any atom is 0.234 e. The number of nitrogens with one attached hydrogen (secondary N) is 1. The second-order valence-electron chi connectivity index (χ2n) is 6.72. The highest BCUT2D eigenvalue weighted by atomic mass is 79.9. The molecule has 1 heterocycles. The molecule has 1 unspecified atom stereocenters. The highest BCUT2D eigenvalue weighted by Crippen LogP contribution is 2.28. The number of aryl methyl sites for hydroxylation is 1. The first-order valence-electron chi connectivity index (χ1n) is 9.52. The van der Waals surface area contributed by atoms with Crippen LogP contribution in [0.15, 0.2) is 46.0 Å². The number of carbonyl (C=O) groups is 1. The molecule has 1 atom stereocenters. The Morgan fingerprint density at radius 1 is 1.23 bits per heavy atom. The first-order chi connectivity index (χ1) is 14.8. The largest absolute Gasteiger partial charge is 0.483 e. The number of halogens is 3. The van der Waals surface area contributed by atoms with Crippen LogP contribution >= 0.6 is 50.9 Å². The van der Waals surface area contributed by atoms with Gasteiger partial charge >= 0.3 is 0 Å². The van der Waals surface area contributed by atoms with Crippen molar-refractivity contribution in [3.05, 3.63) is 62.3 Å². The summed E-state index contributed by atoms with van der Waals surface area (Å²) in [6.07, 6.45) is -0.322. The summed E-state index contributed by atoms with van der Waals surface area (Å²) in [5, 5.41) is 13.2. The van der Waals surface area contributed by atoms with Gasteiger partial charge in [-0.05, 0) is 62.7 Å². The van der Waals surface area contributed by atoms with E-state index in [2.05, 4.69) is 31.4 Å². The molecule has 1 amide bonds. The van der Waals surface area contributed by atoms with Gasteiger partial charge in [0.25, 0.3) is 0 Å². The SMILES string of the molecule is CCn1c(SCC(=O)Nc2ccc(Br)cc2Cl)nnc1C(C)Oc1ccc(Cl)c(C)c1. The first kappa shape index (κ1) is 23.9. The molecule has 31 heavy (non-hydrogen) atoms. The van der Waals surface area contributed by atoms with E-state index in [1.54, 1.807) is 18.2 Å². The molecule has 2 aromatic carbocycles. The highest BCUT2D eigenvalue weighted by molar-refractivity contribution is 9.10. The summed E-state index contributed by atoms with van der Waals surface area (Å²) in [5.41, 5.74) is 1.50. The molecule has 6 nitrogen and oxygen atoms in total. The number of anilines is 1. The minimum atomic E-state index is -0.322. The number of hydrogen-bond acceptors (Lipinski definition) is 5. The van der Waals surface area contributed by atoms with Gasteiger partial charge in [0, 0.05) is 16.0 Å². The van der Waals surface area contributed by atoms with Gasteiger partial charge < -0.3 is 14.6 Å². The molecule has 0 aliphatic heterocycles. The number of thioether (sulfide) groups is 1. The molecule has 164 valence electrons. The lowest BCUT2D eigenvalue weighted by Crippen LogP contribution is -2.15. The van der Waals surface area contributed by atoms with Crippen LogP contribution < -0.4 is 10.1 Å². The van der Waals surface area contributed by atoms with Gasteiger partial charge in [-0.15, -0.1) is 10.2 Å². The zero-order chi connectivity index (χ0) is 22.5. The van der Waals surface area contributed by atoms with Crippen molar-refractivity contribution in [2.24, 2.45) is 0 Å². The van der Waals surface area contributed by atoms with Gasteiger partial charge in [0.15, 0.2) is 17.1 Å². The van der Waals surface area contributed by atoms with Crippen molar-refractivity contribution in [1.82, 2.24) is 14.8 Å². The highest BCUT2D eigenvalue weighted by Gasteiger charge is 2.20. The Kier molecular flexibility index (Phi) is 8.27. The number of rotatable bonds is 8. The molecule has 10 heteroatoms. The Balaban J connectivity index is 1.65. The zero-order valence-electron chi connectivity index (χ0n) is 17.2. The van der Waals surface area contributed by atoms with Crippen LogP contribution in [0.2, 0.25) is 10.0 Å². The number of ether oxygens (including phenoxy) is 1. The van der Waals surface area contributed by atoms with Crippen molar-refractivity contribution in [2.75, 3.05) is 11.1 Å². The molecule has 0 aliphatic carbocycles. The molecular weight excluding hydrogens is 523 g/mol. The second kappa shape index (κ2) is 10.7. The Labute approximate surface area is 203 Å². The Morgan fingerprint density at radius 2 is 2.00 bits per heavy atom. The van der Waals surface area contributed by atoms with E-state index in [9.17, 15) is 4.79 Å². The third-order valence-corrected chi connectivity index (χ3v) is 6.60. The minimum Gasteiger partial charge on any atom is -0.483 e. The topological polar surface area (TPSA) is 69.0 Å². The van der Waals surface area contributed by atoms with Gasteiger partial charge in [-0.3, -0.25) is 4.79 Å². The quantitative estimate of drug-likeness (QED) is 0.326. The third-order valence-electron chi connectivity index (χ3n) is 4.41. The molecule has 3 rings (SSSR count). The van der Waals surface area contributed by atoms with Crippen LogP contribution in [0.25, 0.3) is 0 Å². The van der Waals surface area contributed by atoms with E-state index in [-0.39, 0.29) is 17.8 Å². The number of amides is 1. The molecule has 0 saturated carbocycles. The standard InChI is InChI=1S/C21H21BrCl2N4O2S/c1-4-28-20(13(3)30-15-6-7-16(23)12(2)9-15)26-27-21(28)31-11-19(29)25-18-8-5-14(22)10-17(18)24/h5-10,13H,4,11H2,1-3H3,(H,25,29). The van der Waals surface area contributed by atoms with Crippen molar-refractivity contribution in [3.8, 4) is 5.75 Å². The summed E-state index contributed by atoms with van der Waals surface area (Å²) < 4.78 is 8.82. The third kappa shape index (κ3) is 6.16. The van der Waals surface area contributed by atoms with E-state index in [0.717, 1.165) is 10.0 Å². The predicted molar refractivity (Wildman–Crippen MR) is 129 cm³/mol. The first-order valence-corrected chi connectivity index (χ1v) is 12.1. The summed E-state index contributed by atoms with van der Waals surface area (Å²) in [7, 11) is 0. The lowest BCUT2D eigenvalue weighted by Gasteiger charge is -2.16. The molecule has 0 bridgehead atoms. The van der Waals surface area contributed by atoms with Gasteiger partial charge in [-0.1, -0.05) is 50.9 Å². The van der Waals surface area contributed by atoms with E-state index in [1.165, 1.54) is 11.8 Å². The number of nitrogens with zero attached hydrogens (tertiary/aromatic N) is 3. The van der Waals surface area contributed by atoms with Crippen molar-refractivity contribution >= 4 is 62.5 Å². The number of benzene rings is 2. The van der Waals surface area contributed by atoms with Crippen LogP contribution in [0.4, 0.5) is 5.69 Å². The summed E-state index contributed by atoms with van der Waals surface area (Å²) >= 11 is 16.9. The fourth-order valence-electron chi connectivity index (χ4n) is 2.86. The average Bonchev–Trinajstić information content (AvgIpc) is 3.14. The fourth-order valence-corrected chi connectivity index (χ4v) is 4.51. The molecule has 3 aromatic rings. The normalized spacial score (nSPS) is 11.9. The summed E-state index contributed by atoms with van der Waals surface area (Å²) in [5.74, 6) is 1.40. The Morgan fingerprint density at radius 3 is 2.68 bits per heavy atom. The monoisotopic (exact) mass is 542 g/mol. The van der Waals surface area contributed by atoms with E-state index >= 15 is 0 Å². The average molecular weight is 544 g/mol. The van der Waals surface area contributed by atoms with Crippen LogP contribution in [-0.2, 0) is 11.3 Å². The molecular formula is C21H21BrCl2N4O2S. The molecule has 0 saturated heterocycles. The number of hydrogen-bond donors (Lipinski definition) is 1. The smallest absolute Gasteiger partial charge is 0.234 e. The van der Waals surface area contributed by atoms with Crippen LogP contribution in [-0.4, -0.2) is 26.4 Å². The maximum atomic E-state index is 12.4. The molecule has 0 aliphatic rings. The predicted octanol–water partition coefficient (Wildman–Crippen LogP) is 6.55. The van der Waals surface area contributed by atoms with E-state index in [0.29, 0.717) is 39.0 Å². The fraction of sp³-hybridized carbons (Fsp3) is 0.286. The van der Waals surface area contributed by atoms with Gasteiger partial charge in [0.05, 0.1) is 16.5 Å². The van der Waals surface area contributed by atoms with E-state index in [1.807, 2.05) is 43.5 Å². The van der Waals surface area contributed by atoms with Crippen LogP contribution in [0, 0.1) is 6.92 Å². The van der Waals surface area contributed by atoms with Gasteiger partial charge in [0.1, 0.15) is 5.75 Å². The lowest BCUT2D eigenvalue weighted by atomic mass is 10.2. The summed E-state index contributed by atoms with van der Waals surface area (Å²) in [6, 6.07) is 10.8. The Bertz CT molecular complexity index is 1090. The van der Waals surface area contributed by atoms with Gasteiger partial charge in [-0.25, -0.2) is 0 Å². The lowest BCUT2D eigenvalue weighted by molar-refractivity contribution is -0.113. The molecule has 1 aromatic heterocycles. The van der Waals surface area contributed by atoms with E-state index < -0.39 is 0 Å². The molecule has 0 fully saturated rings. The van der Waals surface area contributed by atoms with Crippen LogP contribution in [0.3, 0.4) is 0 Å². The van der Waals surface area contributed by atoms with Crippen molar-refractivity contribution in [1.29, 1.82) is 0 Å². The minimum absolute atomic E-state index is 0.177. The zero-order valence-corrected chi connectivity index (χ0v) is 21.1. The Hall–Kier alpha value is -1.74. The van der Waals surface area contributed by atoms with E-state index in [4.69, 9.17) is 27.9 Å². The molecule has 0 spiro atoms. The van der Waals surface area contributed by atoms with Crippen molar-refractivity contribution in [3.63, 3.8) is 0 Å². The van der Waals surface area contributed by atoms with Gasteiger partial charge in [-0.2, -0.15) is 0 Å². The van der Waals surface area contributed by atoms with Crippen LogP contribution in [0.1, 0.15) is 31.3 Å². The number of carbonyl (C=O) groups excluding carboxylic acids is 1. The molecule has 0 radical (unpaired) electrons. The summed E-state index contributed by atoms with van der Waals surface area (Å²) in [6.45, 7) is 6.49.